The maximum absolute atomic E-state index is 7.26. The van der Waals surface area contributed by atoms with Crippen LogP contribution in [0.3, 0.4) is 0 Å². The molecule has 0 unspecified atom stereocenters. The van der Waals surface area contributed by atoms with Gasteiger partial charge in [-0.3, -0.25) is 4.57 Å². The first-order chi connectivity index (χ1) is 63.8. The van der Waals surface area contributed by atoms with Crippen molar-refractivity contribution in [3.05, 3.63) is 382 Å². The molecule has 0 saturated heterocycles. The van der Waals surface area contributed by atoms with Crippen LogP contribution >= 0.6 is 0 Å². The fourth-order valence-corrected chi connectivity index (χ4v) is 20.8. The quantitative estimate of drug-likeness (QED) is 0.137. The van der Waals surface area contributed by atoms with Gasteiger partial charge in [-0.15, -0.1) is 0 Å². The van der Waals surface area contributed by atoms with Crippen molar-refractivity contribution < 1.29 is 17.7 Å². The molecule has 129 heavy (non-hydrogen) atoms. The van der Waals surface area contributed by atoms with Crippen molar-refractivity contribution in [1.82, 2.24) is 43.6 Å². The molecule has 9 aromatic heterocycles. The van der Waals surface area contributed by atoms with Crippen molar-refractivity contribution in [2.45, 2.75) is 0 Å². The van der Waals surface area contributed by atoms with E-state index in [0.29, 0.717) is 51.8 Å². The third-order valence-corrected chi connectivity index (χ3v) is 26.8. The summed E-state index contributed by atoms with van der Waals surface area (Å²) in [7, 11) is 0. The first kappa shape index (κ1) is 69.8. The van der Waals surface area contributed by atoms with Gasteiger partial charge in [0.05, 0.1) is 44.2 Å². The summed E-state index contributed by atoms with van der Waals surface area (Å²) in [6.45, 7) is 0. The topological polar surface area (TPSA) is 145 Å². The highest BCUT2D eigenvalue weighted by atomic mass is 16.3. The number of para-hydroxylation sites is 4. The van der Waals surface area contributed by atoms with Gasteiger partial charge in [0.25, 0.3) is 0 Å². The molecule has 13 heteroatoms. The molecular formula is C116H63N9O4. The summed E-state index contributed by atoms with van der Waals surface area (Å²) in [5.74, 6) is 2.83. The molecule has 0 N–H and O–H groups in total. The molecule has 0 saturated carbocycles. The van der Waals surface area contributed by atoms with Gasteiger partial charge >= 0.3 is 0 Å². The smallest absolute Gasteiger partial charge is 0.238 e. The van der Waals surface area contributed by atoms with E-state index in [1.807, 2.05) is 78.9 Å². The Labute approximate surface area is 731 Å². The maximum Gasteiger partial charge on any atom is 0.238 e. The normalized spacial score (nSPS) is 12.3. The van der Waals surface area contributed by atoms with Gasteiger partial charge in [0, 0.05) is 103 Å². The van der Waals surface area contributed by atoms with Crippen molar-refractivity contribution in [3.63, 3.8) is 0 Å². The highest BCUT2D eigenvalue weighted by Gasteiger charge is 2.29. The van der Waals surface area contributed by atoms with Crippen LogP contribution in [-0.2, 0) is 0 Å². The zero-order valence-corrected chi connectivity index (χ0v) is 68.5. The Kier molecular flexibility index (Phi) is 14.3. The van der Waals surface area contributed by atoms with Gasteiger partial charge in [-0.05, 0) is 198 Å². The Morgan fingerprint density at radius 2 is 0.574 bits per heavy atom. The average Bonchev–Trinajstić information content (AvgIpc) is 1.53. The van der Waals surface area contributed by atoms with Crippen molar-refractivity contribution in [2.24, 2.45) is 0 Å². The third kappa shape index (κ3) is 10.4. The zero-order chi connectivity index (χ0) is 84.0. The molecule has 29 aromatic rings. The molecule has 29 rings (SSSR count). The molecule has 0 bridgehead atoms. The van der Waals surface area contributed by atoms with E-state index in [0.717, 1.165) is 214 Å². The van der Waals surface area contributed by atoms with Gasteiger partial charge in [0.1, 0.15) is 44.7 Å². The molecule has 0 radical (unpaired) electrons. The Balaban J connectivity index is 0.620. The molecule has 0 fully saturated rings. The molecule has 0 aliphatic heterocycles. The highest BCUT2D eigenvalue weighted by molar-refractivity contribution is 6.26. The van der Waals surface area contributed by atoms with Gasteiger partial charge in [-0.2, -0.15) is 9.97 Å². The second-order valence-corrected chi connectivity index (χ2v) is 34.0. The van der Waals surface area contributed by atoms with Crippen LogP contribution in [0.1, 0.15) is 0 Å². The first-order valence-electron chi connectivity index (χ1n) is 43.4. The minimum absolute atomic E-state index is 0.433. The molecule has 20 aromatic carbocycles. The van der Waals surface area contributed by atoms with Gasteiger partial charge in [0.15, 0.2) is 29.1 Å². The van der Waals surface area contributed by atoms with Gasteiger partial charge in [-0.1, -0.05) is 249 Å². The Hall–Kier alpha value is -17.7. The van der Waals surface area contributed by atoms with Crippen LogP contribution < -0.4 is 0 Å². The number of fused-ring (bicyclic) bond motifs is 28. The highest BCUT2D eigenvalue weighted by Crippen LogP contribution is 2.49. The summed E-state index contributed by atoms with van der Waals surface area (Å²) >= 11 is 0. The standard InChI is InChI=1S/C116H63N9O4/c1-2-22-66(23-3-1)111-118-115(93-62-77(60-90-85-33-15-19-37-103(85)128-109(90)93)123-96-48-43-64-20-8-10-28-79(64)107(96)91-52-68-25-5-7-27-70(68)55-100(91)123)122-116(121-111)125-95-34-16-12-30-81(95)82-45-40-72(56-97(82)125)71-38-39-73-57-99-89(53-76(73)50-71)88-51-67-24-4-6-26-69(67)54-98(88)124(99)78-61-92-108-80-29-11-9-21-65(80)44-49-104(108)129-110(92)94(63-78)114-119-112(74-41-46-86-83-31-13-17-35-101(83)126-105(86)58-74)117-113(120-114)75-42-47-87-84-32-14-18-36-102(84)127-106(87)59-75/h1-63H. The fourth-order valence-electron chi connectivity index (χ4n) is 20.8. The summed E-state index contributed by atoms with van der Waals surface area (Å²) < 4.78 is 34.5. The monoisotopic (exact) mass is 1650 g/mol. The van der Waals surface area contributed by atoms with Crippen LogP contribution in [0.4, 0.5) is 0 Å². The summed E-state index contributed by atoms with van der Waals surface area (Å²) in [5, 5.41) is 25.9. The van der Waals surface area contributed by atoms with Gasteiger partial charge < -0.3 is 26.8 Å². The molecule has 9 heterocycles. The van der Waals surface area contributed by atoms with E-state index in [2.05, 4.69) is 317 Å². The van der Waals surface area contributed by atoms with E-state index in [-0.39, 0.29) is 0 Å². The van der Waals surface area contributed by atoms with Gasteiger partial charge in [-0.25, -0.2) is 19.9 Å². The first-order valence-corrected chi connectivity index (χ1v) is 43.4. The van der Waals surface area contributed by atoms with Crippen molar-refractivity contribution in [3.8, 4) is 85.4 Å². The van der Waals surface area contributed by atoms with E-state index in [1.165, 1.54) is 26.9 Å². The predicted octanol–water partition coefficient (Wildman–Crippen LogP) is 30.7. The fraction of sp³-hybridized carbons (Fsp3) is 0. The second-order valence-electron chi connectivity index (χ2n) is 34.0. The summed E-state index contributed by atoms with van der Waals surface area (Å²) in [5.41, 5.74) is 19.8. The lowest BCUT2D eigenvalue weighted by Gasteiger charge is -2.14. The molecule has 0 aliphatic rings. The Bertz CT molecular complexity index is 9890. The Morgan fingerprint density at radius 3 is 1.22 bits per heavy atom. The number of aromatic nitrogens is 9. The molecular weight excluding hydrogens is 1580 g/mol. The largest absolute Gasteiger partial charge is 0.456 e. The SMILES string of the molecule is c1ccc(-c2nc(-c3cc(-n4c5cc6ccccc6cc5c5c6ccccc6ccc54)cc4c3oc3ccccc34)nc(-n3c4ccccc4c4ccc(-c5ccc6cc7c(cc6c5)c5cc6ccccc6cc5n7-c5cc(-c6nc(-c7ccc8c(c7)oc7ccccc78)nc(-c7ccc8c(c7)oc7ccccc78)n6)c6oc7ccc8ccccc8c7c6c5)cc43)n2)cc1. The van der Waals surface area contributed by atoms with Crippen molar-refractivity contribution in [2.75, 3.05) is 0 Å². The lowest BCUT2D eigenvalue weighted by Crippen LogP contribution is -2.07. The number of rotatable bonds is 9. The number of hydrogen-bond acceptors (Lipinski definition) is 10. The number of nitrogens with zero attached hydrogens (tertiary/aromatic N) is 9. The minimum atomic E-state index is 0.433. The van der Waals surface area contributed by atoms with Crippen LogP contribution in [0.2, 0.25) is 0 Å². The zero-order valence-electron chi connectivity index (χ0n) is 68.5. The minimum Gasteiger partial charge on any atom is -0.456 e. The van der Waals surface area contributed by atoms with Crippen LogP contribution in [0.5, 0.6) is 0 Å². The van der Waals surface area contributed by atoms with Crippen LogP contribution in [-0.4, -0.2) is 43.6 Å². The van der Waals surface area contributed by atoms with E-state index >= 15 is 0 Å². The second kappa shape index (κ2) is 26.4. The van der Waals surface area contributed by atoms with E-state index in [1.54, 1.807) is 0 Å². The molecule has 13 nitrogen and oxygen atoms in total. The Morgan fingerprint density at radius 1 is 0.171 bits per heavy atom. The number of furan rings is 4. The van der Waals surface area contributed by atoms with Crippen LogP contribution in [0.25, 0.3) is 292 Å². The molecule has 596 valence electrons. The van der Waals surface area contributed by atoms with Crippen molar-refractivity contribution in [1.29, 1.82) is 0 Å². The predicted molar refractivity (Wildman–Crippen MR) is 525 cm³/mol. The van der Waals surface area contributed by atoms with Crippen LogP contribution in [0.15, 0.2) is 400 Å². The summed E-state index contributed by atoms with van der Waals surface area (Å²) in [6, 6.07) is 136. The van der Waals surface area contributed by atoms with Crippen molar-refractivity contribution >= 4 is 207 Å². The third-order valence-electron chi connectivity index (χ3n) is 26.8. The number of benzene rings is 20. The van der Waals surface area contributed by atoms with Gasteiger partial charge in [0.2, 0.25) is 5.95 Å². The summed E-state index contributed by atoms with van der Waals surface area (Å²) in [4.78, 5) is 33.3. The summed E-state index contributed by atoms with van der Waals surface area (Å²) in [6.07, 6.45) is 0. The van der Waals surface area contributed by atoms with E-state index < -0.39 is 0 Å². The van der Waals surface area contributed by atoms with Crippen LogP contribution in [0, 0.1) is 0 Å². The van der Waals surface area contributed by atoms with E-state index in [4.69, 9.17) is 47.6 Å². The van der Waals surface area contributed by atoms with E-state index in [9.17, 15) is 0 Å². The lowest BCUT2D eigenvalue weighted by atomic mass is 9.98. The molecule has 0 aliphatic carbocycles. The molecule has 0 amide bonds. The maximum atomic E-state index is 7.26. The molecule has 0 atom stereocenters. The number of hydrogen-bond donors (Lipinski definition) is 0. The molecule has 0 spiro atoms. The lowest BCUT2D eigenvalue weighted by molar-refractivity contribution is 0.668. The average molecular weight is 1650 g/mol.